The van der Waals surface area contributed by atoms with Crippen molar-refractivity contribution in [2.24, 2.45) is 5.92 Å². The molecule has 82 heavy (non-hydrogen) atoms. The number of carboxylic acids is 1. The Bertz CT molecular complexity index is 3670. The first-order chi connectivity index (χ1) is 39.5. The standard InChI is InChI=1S/C52H51N13O11S6/c1-23(2)37-51-65-40(32(82-51)18-75-5)44(72)54-17-35(67)62-41(42(70)25-10-7-6-8-11-25)50-59-31(21-79-50)48-57-29(19-78-48)39-26(13-14-27(55-39)47-60-33(22-80-47)61-52(74)76-15-9-12-36(68)69)46-58-30(20-77-46)43(71)56-28(16-34(66)53-4)49-64-38(24(3)81-49)45(73)63-37/h6-8,10-11,13-14,19-23,28,37,41-42,70H,9,12,15-18H2,1-5H3,(H,53,66)(H,54,72)(H,56,71)(H,61,74)(H,62,67)(H,63,73)(H,68,69). The minimum absolute atomic E-state index is 0.00334. The molecule has 10 bridgehead atoms. The molecule has 4 unspecified atom stereocenters. The summed E-state index contributed by atoms with van der Waals surface area (Å²) < 4.78 is 10.6. The van der Waals surface area contributed by atoms with Crippen LogP contribution in [0.4, 0.5) is 10.6 Å². The van der Waals surface area contributed by atoms with E-state index in [4.69, 9.17) is 34.5 Å². The predicted octanol–water partition coefficient (Wildman–Crippen LogP) is 7.73. The van der Waals surface area contributed by atoms with Crippen molar-refractivity contribution in [3.63, 3.8) is 0 Å². The number of carbonyl (C=O) groups is 7. The van der Waals surface area contributed by atoms with Crippen LogP contribution in [0.3, 0.4) is 0 Å². The molecule has 9 rings (SSSR count). The van der Waals surface area contributed by atoms with Crippen LogP contribution in [0.5, 0.6) is 0 Å². The summed E-state index contributed by atoms with van der Waals surface area (Å²) in [5.41, 5.74) is 2.53. The van der Waals surface area contributed by atoms with Gasteiger partial charge in [-0.2, -0.15) is 0 Å². The molecule has 1 aliphatic heterocycles. The number of nitrogens with zero attached hydrogens (tertiary/aromatic N) is 7. The Balaban J connectivity index is 1.11. The number of pyridine rings is 1. The van der Waals surface area contributed by atoms with Gasteiger partial charge in [0.05, 0.1) is 48.8 Å². The fourth-order valence-corrected chi connectivity index (χ4v) is 13.7. The van der Waals surface area contributed by atoms with Crippen molar-refractivity contribution in [1.82, 2.24) is 61.5 Å². The number of benzene rings is 1. The molecule has 0 fully saturated rings. The lowest BCUT2D eigenvalue weighted by atomic mass is 10.0. The zero-order valence-corrected chi connectivity index (χ0v) is 49.0. The van der Waals surface area contributed by atoms with E-state index >= 15 is 0 Å². The number of thiazole rings is 6. The number of carboxylic acid groups (broad SMARTS) is 1. The summed E-state index contributed by atoms with van der Waals surface area (Å²) in [4.78, 5) is 127. The maximum Gasteiger partial charge on any atom is 0.412 e. The summed E-state index contributed by atoms with van der Waals surface area (Å²) in [5, 5.41) is 46.3. The molecule has 0 saturated carbocycles. The highest BCUT2D eigenvalue weighted by molar-refractivity contribution is 7.15. The maximum atomic E-state index is 14.3. The van der Waals surface area contributed by atoms with Crippen LogP contribution in [0.15, 0.2) is 64.0 Å². The summed E-state index contributed by atoms with van der Waals surface area (Å²) in [6, 6.07) is 9.35. The molecule has 4 atom stereocenters. The maximum absolute atomic E-state index is 14.3. The minimum atomic E-state index is -1.29. The van der Waals surface area contributed by atoms with Gasteiger partial charge in [-0.15, -0.1) is 68.0 Å². The third kappa shape index (κ3) is 13.9. The first-order valence-electron chi connectivity index (χ1n) is 25.1. The second-order valence-electron chi connectivity index (χ2n) is 18.4. The lowest BCUT2D eigenvalue weighted by Gasteiger charge is -2.23. The van der Waals surface area contributed by atoms with Gasteiger partial charge >= 0.3 is 12.1 Å². The van der Waals surface area contributed by atoms with E-state index in [0.29, 0.717) is 68.7 Å². The Labute approximate surface area is 491 Å². The van der Waals surface area contributed by atoms with Crippen LogP contribution in [0.2, 0.25) is 0 Å². The highest BCUT2D eigenvalue weighted by atomic mass is 32.1. The Kier molecular flexibility index (Phi) is 18.9. The Morgan fingerprint density at radius 3 is 2.20 bits per heavy atom. The number of aliphatic carboxylic acids is 1. The molecule has 8 N–H and O–H groups in total. The molecule has 426 valence electrons. The monoisotopic (exact) mass is 1230 g/mol. The molecule has 30 heteroatoms. The normalized spacial score (nSPS) is 16.3. The fourth-order valence-electron chi connectivity index (χ4n) is 8.17. The lowest BCUT2D eigenvalue weighted by Crippen LogP contribution is -2.40. The van der Waals surface area contributed by atoms with E-state index in [1.165, 1.54) is 48.2 Å². The summed E-state index contributed by atoms with van der Waals surface area (Å²) in [5.74, 6) is -4.03. The minimum Gasteiger partial charge on any atom is -0.481 e. The highest BCUT2D eigenvalue weighted by Crippen LogP contribution is 2.40. The largest absolute Gasteiger partial charge is 0.481 e. The number of aryl methyl sites for hydroxylation is 1. The zero-order chi connectivity index (χ0) is 58.2. The van der Waals surface area contributed by atoms with Crippen LogP contribution in [0.25, 0.3) is 43.4 Å². The van der Waals surface area contributed by atoms with Gasteiger partial charge in [-0.25, -0.2) is 39.7 Å². The van der Waals surface area contributed by atoms with Crippen molar-refractivity contribution in [3.8, 4) is 43.4 Å². The molecule has 1 aromatic carbocycles. The molecule has 8 heterocycles. The highest BCUT2D eigenvalue weighted by Gasteiger charge is 2.33. The number of aliphatic hydroxyl groups excluding tert-OH is 1. The molecule has 0 radical (unpaired) electrons. The van der Waals surface area contributed by atoms with Crippen molar-refractivity contribution < 1.29 is 53.2 Å². The lowest BCUT2D eigenvalue weighted by molar-refractivity contribution is -0.137. The third-order valence-electron chi connectivity index (χ3n) is 12.2. The van der Waals surface area contributed by atoms with E-state index in [1.54, 1.807) is 70.9 Å². The SMILES string of the molecule is CNC(=O)CC1NC(=O)c2csc(n2)-c2ccc(-c3nc(NC(=O)OCCCC(=O)O)cs3)nc2-c2csc(n2)-c2csc(n2)C(C(O)c2ccccc2)NC(=O)CNC(=O)c2nc(sc2COC)C(C(C)C)NC(=O)c2nc1sc2C. The van der Waals surface area contributed by atoms with E-state index in [-0.39, 0.29) is 66.3 Å². The molecule has 1 aliphatic rings. The number of hydrogen-bond acceptors (Lipinski definition) is 23. The van der Waals surface area contributed by atoms with Crippen molar-refractivity contribution in [1.29, 1.82) is 0 Å². The molecular formula is C52H51N13O11S6. The molecule has 0 saturated heterocycles. The summed E-state index contributed by atoms with van der Waals surface area (Å²) in [6.45, 7) is 4.82. The van der Waals surface area contributed by atoms with Crippen LogP contribution in [-0.2, 0) is 30.5 Å². The second-order valence-corrected chi connectivity index (χ2v) is 24.2. The van der Waals surface area contributed by atoms with Gasteiger partial charge in [-0.3, -0.25) is 34.1 Å². The van der Waals surface area contributed by atoms with Crippen LogP contribution < -0.4 is 31.9 Å². The average Bonchev–Trinajstić information content (AvgIpc) is 4.45. The van der Waals surface area contributed by atoms with Crippen molar-refractivity contribution in [2.75, 3.05) is 32.6 Å². The Hall–Kier alpha value is -7.84. The number of rotatable bonds is 13. The molecule has 7 aromatic heterocycles. The molecule has 8 aromatic rings. The van der Waals surface area contributed by atoms with Gasteiger partial charge < -0.3 is 46.3 Å². The molecule has 6 amide bonds. The fraction of sp³-hybridized carbons (Fsp3) is 0.308. The zero-order valence-electron chi connectivity index (χ0n) is 44.1. The number of methoxy groups -OCH3 is 1. The smallest absolute Gasteiger partial charge is 0.412 e. The van der Waals surface area contributed by atoms with Gasteiger partial charge in [0, 0.05) is 52.5 Å². The van der Waals surface area contributed by atoms with Gasteiger partial charge in [-0.1, -0.05) is 44.2 Å². The van der Waals surface area contributed by atoms with E-state index in [0.717, 1.165) is 34.0 Å². The topological polar surface area (TPSA) is 341 Å². The van der Waals surface area contributed by atoms with Gasteiger partial charge in [0.15, 0.2) is 0 Å². The third-order valence-corrected chi connectivity index (χ3v) is 18.0. The number of fused-ring (bicyclic) bond motifs is 14. The van der Waals surface area contributed by atoms with Crippen molar-refractivity contribution in [2.45, 2.75) is 70.9 Å². The van der Waals surface area contributed by atoms with Crippen LogP contribution in [-0.4, -0.2) is 114 Å². The van der Waals surface area contributed by atoms with Crippen LogP contribution in [0, 0.1) is 12.8 Å². The number of ether oxygens (including phenoxy) is 2. The van der Waals surface area contributed by atoms with Gasteiger partial charge in [-0.05, 0) is 37.0 Å². The Morgan fingerprint density at radius 1 is 0.720 bits per heavy atom. The average molecular weight is 1230 g/mol. The number of aromatic nitrogens is 7. The summed E-state index contributed by atoms with van der Waals surface area (Å²) >= 11 is 7.05. The molecule has 0 aliphatic carbocycles. The van der Waals surface area contributed by atoms with E-state index < -0.39 is 72.4 Å². The van der Waals surface area contributed by atoms with Crippen LogP contribution >= 0.6 is 68.0 Å². The second kappa shape index (κ2) is 26.4. The molecule has 24 nitrogen and oxygen atoms in total. The predicted molar refractivity (Wildman–Crippen MR) is 309 cm³/mol. The number of aliphatic hydroxyl groups is 1. The number of carbonyl (C=O) groups excluding carboxylic acids is 6. The number of anilines is 1. The quantitative estimate of drug-likeness (QED) is 0.0512. The number of hydrogen-bond donors (Lipinski definition) is 8. The first kappa shape index (κ1) is 58.8. The van der Waals surface area contributed by atoms with Crippen molar-refractivity contribution >= 4 is 115 Å². The summed E-state index contributed by atoms with van der Waals surface area (Å²) in [6.07, 6.45) is -2.36. The molecular weight excluding hydrogens is 1180 g/mol. The number of amides is 6. The van der Waals surface area contributed by atoms with Gasteiger partial charge in [0.1, 0.15) is 82.2 Å². The summed E-state index contributed by atoms with van der Waals surface area (Å²) in [7, 11) is 2.93. The van der Waals surface area contributed by atoms with E-state index in [2.05, 4.69) is 46.9 Å². The number of nitrogens with one attached hydrogen (secondary N) is 6. The molecule has 0 spiro atoms. The van der Waals surface area contributed by atoms with Crippen LogP contribution in [0.1, 0.15) is 119 Å². The Morgan fingerprint density at radius 2 is 1.44 bits per heavy atom. The van der Waals surface area contributed by atoms with Crippen molar-refractivity contribution in [3.05, 3.63) is 111 Å². The van der Waals surface area contributed by atoms with Gasteiger partial charge in [0.2, 0.25) is 11.8 Å². The van der Waals surface area contributed by atoms with E-state index in [9.17, 15) is 38.7 Å². The van der Waals surface area contributed by atoms with Gasteiger partial charge in [0.25, 0.3) is 17.7 Å². The first-order valence-corrected chi connectivity index (χ1v) is 30.2. The van der Waals surface area contributed by atoms with E-state index in [1.807, 2.05) is 13.8 Å².